The molecular formula is C13H23N5O2. The summed E-state index contributed by atoms with van der Waals surface area (Å²) in [6, 6.07) is -0.422. The third-order valence-corrected chi connectivity index (χ3v) is 3.49. The van der Waals surface area contributed by atoms with Gasteiger partial charge in [-0.05, 0) is 27.7 Å². The predicted molar refractivity (Wildman–Crippen MR) is 73.8 cm³/mol. The number of amides is 1. The lowest BCUT2D eigenvalue weighted by Gasteiger charge is -2.37. The summed E-state index contributed by atoms with van der Waals surface area (Å²) in [5, 5.41) is 4.27. The average Bonchev–Trinajstić information content (AvgIpc) is 2.76. The summed E-state index contributed by atoms with van der Waals surface area (Å²) < 4.78 is 7.39. The van der Waals surface area contributed by atoms with Gasteiger partial charge >= 0.3 is 0 Å². The predicted octanol–water partition coefficient (Wildman–Crippen LogP) is 0.108. The van der Waals surface area contributed by atoms with Crippen molar-refractivity contribution in [2.45, 2.75) is 51.9 Å². The molecule has 2 atom stereocenters. The van der Waals surface area contributed by atoms with Crippen molar-refractivity contribution in [3.05, 3.63) is 12.2 Å². The zero-order valence-corrected chi connectivity index (χ0v) is 12.5. The van der Waals surface area contributed by atoms with Crippen LogP contribution in [0.4, 0.5) is 0 Å². The minimum absolute atomic E-state index is 0.147. The number of carbonyl (C=O) groups excluding carboxylic acids is 1. The van der Waals surface area contributed by atoms with Gasteiger partial charge in [-0.25, -0.2) is 9.67 Å². The van der Waals surface area contributed by atoms with Crippen molar-refractivity contribution in [3.63, 3.8) is 0 Å². The topological polar surface area (TPSA) is 86.3 Å². The normalized spacial score (nSPS) is 24.8. The van der Waals surface area contributed by atoms with E-state index >= 15 is 0 Å². The molecule has 1 amide bonds. The number of rotatable bonds is 3. The lowest BCUT2D eigenvalue weighted by molar-refractivity contribution is -0.136. The number of nitrogens with two attached hydrogens (primary N) is 1. The van der Waals surface area contributed by atoms with Crippen LogP contribution < -0.4 is 5.73 Å². The second kappa shape index (κ2) is 5.49. The number of hydrogen-bond donors (Lipinski definition) is 1. The summed E-state index contributed by atoms with van der Waals surface area (Å²) in [5.41, 5.74) is 5.35. The molecule has 1 saturated heterocycles. The molecule has 112 valence electrons. The quantitative estimate of drug-likeness (QED) is 0.849. The Kier molecular flexibility index (Phi) is 4.10. The molecule has 1 aromatic rings. The number of carbonyl (C=O) groups is 1. The highest BCUT2D eigenvalue weighted by Gasteiger charge is 2.35. The molecule has 0 spiro atoms. The fourth-order valence-electron chi connectivity index (χ4n) is 2.59. The Morgan fingerprint density at radius 3 is 2.85 bits per heavy atom. The molecule has 7 heteroatoms. The molecule has 0 radical (unpaired) electrons. The van der Waals surface area contributed by atoms with Gasteiger partial charge in [0.2, 0.25) is 5.91 Å². The van der Waals surface area contributed by atoms with Crippen LogP contribution >= 0.6 is 0 Å². The highest BCUT2D eigenvalue weighted by Crippen LogP contribution is 2.19. The third kappa shape index (κ3) is 2.99. The molecule has 1 aliphatic rings. The van der Waals surface area contributed by atoms with Gasteiger partial charge in [-0.3, -0.25) is 9.69 Å². The van der Waals surface area contributed by atoms with Crippen molar-refractivity contribution in [2.75, 3.05) is 13.2 Å². The van der Waals surface area contributed by atoms with E-state index in [0.717, 1.165) is 5.82 Å². The molecule has 0 aromatic carbocycles. The summed E-state index contributed by atoms with van der Waals surface area (Å²) in [5.74, 6) is 0.469. The summed E-state index contributed by atoms with van der Waals surface area (Å²) in [7, 11) is 0. The van der Waals surface area contributed by atoms with Crippen LogP contribution in [0.1, 0.15) is 33.5 Å². The van der Waals surface area contributed by atoms with E-state index in [-0.39, 0.29) is 17.6 Å². The van der Waals surface area contributed by atoms with Gasteiger partial charge in [0.15, 0.2) is 0 Å². The van der Waals surface area contributed by atoms with Crippen LogP contribution in [0.15, 0.2) is 6.33 Å². The van der Waals surface area contributed by atoms with Crippen LogP contribution in [-0.2, 0) is 21.6 Å². The van der Waals surface area contributed by atoms with Gasteiger partial charge in [0.1, 0.15) is 18.2 Å². The zero-order chi connectivity index (χ0) is 14.9. The van der Waals surface area contributed by atoms with Gasteiger partial charge in [-0.1, -0.05) is 0 Å². The molecule has 0 aliphatic carbocycles. The van der Waals surface area contributed by atoms with Crippen molar-refractivity contribution in [2.24, 2.45) is 5.73 Å². The largest absolute Gasteiger partial charge is 0.375 e. The van der Waals surface area contributed by atoms with Gasteiger partial charge < -0.3 is 10.5 Å². The first-order valence-electron chi connectivity index (χ1n) is 6.85. The smallest absolute Gasteiger partial charge is 0.237 e. The van der Waals surface area contributed by atoms with Gasteiger partial charge in [0.05, 0.1) is 24.8 Å². The van der Waals surface area contributed by atoms with Crippen LogP contribution in [0.25, 0.3) is 0 Å². The van der Waals surface area contributed by atoms with E-state index in [1.54, 1.807) is 6.33 Å². The summed E-state index contributed by atoms with van der Waals surface area (Å²) in [6.45, 7) is 9.87. The van der Waals surface area contributed by atoms with Crippen LogP contribution in [0.2, 0.25) is 0 Å². The van der Waals surface area contributed by atoms with Gasteiger partial charge in [0.25, 0.3) is 0 Å². The Hall–Kier alpha value is -1.47. The molecule has 20 heavy (non-hydrogen) atoms. The molecule has 1 aromatic heterocycles. The van der Waals surface area contributed by atoms with E-state index in [4.69, 9.17) is 10.5 Å². The number of morpholine rings is 1. The lowest BCUT2D eigenvalue weighted by atomic mass is 10.1. The van der Waals surface area contributed by atoms with E-state index in [0.29, 0.717) is 19.7 Å². The molecule has 0 saturated carbocycles. The summed E-state index contributed by atoms with van der Waals surface area (Å²) in [4.78, 5) is 18.0. The molecule has 0 bridgehead atoms. The molecule has 2 rings (SSSR count). The Bertz CT molecular complexity index is 479. The first kappa shape index (κ1) is 14.9. The zero-order valence-electron chi connectivity index (χ0n) is 12.5. The van der Waals surface area contributed by atoms with Crippen molar-refractivity contribution in [3.8, 4) is 0 Å². The Labute approximate surface area is 119 Å². The van der Waals surface area contributed by atoms with E-state index in [9.17, 15) is 4.79 Å². The second-order valence-corrected chi connectivity index (χ2v) is 6.15. The number of nitrogens with zero attached hydrogens (tertiary/aromatic N) is 4. The van der Waals surface area contributed by atoms with Crippen LogP contribution in [0, 0.1) is 0 Å². The highest BCUT2D eigenvalue weighted by atomic mass is 16.5. The molecule has 1 aliphatic heterocycles. The second-order valence-electron chi connectivity index (χ2n) is 6.15. The number of ether oxygens (including phenoxy) is 1. The monoisotopic (exact) mass is 281 g/mol. The number of aromatic nitrogens is 3. The maximum absolute atomic E-state index is 11.6. The fourth-order valence-corrected chi connectivity index (χ4v) is 2.59. The van der Waals surface area contributed by atoms with Crippen LogP contribution in [0.3, 0.4) is 0 Å². The highest BCUT2D eigenvalue weighted by molar-refractivity contribution is 5.80. The summed E-state index contributed by atoms with van der Waals surface area (Å²) in [6.07, 6.45) is 1.34. The van der Waals surface area contributed by atoms with E-state index in [1.807, 2.05) is 16.5 Å². The molecule has 2 N–H and O–H groups in total. The van der Waals surface area contributed by atoms with Gasteiger partial charge in [-0.15, -0.1) is 0 Å². The van der Waals surface area contributed by atoms with E-state index in [1.165, 1.54) is 0 Å². The van der Waals surface area contributed by atoms with Crippen molar-refractivity contribution in [1.29, 1.82) is 0 Å². The standard InChI is InChI=1S/C13H23N5O2/c1-9-11(12(14)19)17(5-6-20-9)7-10-15-8-16-18(10)13(2,3)4/h8-9,11H,5-7H2,1-4H3,(H2,14,19)/t9-,11+/m1/s1. The van der Waals surface area contributed by atoms with Gasteiger partial charge in [-0.2, -0.15) is 5.10 Å². The lowest BCUT2D eigenvalue weighted by Crippen LogP contribution is -2.56. The SMILES string of the molecule is C[C@H]1OCCN(Cc2ncnn2C(C)(C)C)[C@@H]1C(N)=O. The molecular weight excluding hydrogens is 258 g/mol. The Balaban J connectivity index is 2.20. The molecule has 2 heterocycles. The first-order chi connectivity index (χ1) is 9.30. The minimum Gasteiger partial charge on any atom is -0.375 e. The Morgan fingerprint density at radius 2 is 2.25 bits per heavy atom. The molecule has 1 fully saturated rings. The maximum Gasteiger partial charge on any atom is 0.237 e. The molecule has 0 unspecified atom stereocenters. The fraction of sp³-hybridized carbons (Fsp3) is 0.769. The van der Waals surface area contributed by atoms with Gasteiger partial charge in [0, 0.05) is 6.54 Å². The number of hydrogen-bond acceptors (Lipinski definition) is 5. The first-order valence-corrected chi connectivity index (χ1v) is 6.85. The van der Waals surface area contributed by atoms with E-state index < -0.39 is 6.04 Å². The Morgan fingerprint density at radius 1 is 1.55 bits per heavy atom. The minimum atomic E-state index is -0.422. The third-order valence-electron chi connectivity index (χ3n) is 3.49. The van der Waals surface area contributed by atoms with Crippen molar-refractivity contribution < 1.29 is 9.53 Å². The summed E-state index contributed by atoms with van der Waals surface area (Å²) >= 11 is 0. The number of primary amides is 1. The molecule has 7 nitrogen and oxygen atoms in total. The van der Waals surface area contributed by atoms with Crippen LogP contribution in [-0.4, -0.2) is 50.9 Å². The maximum atomic E-state index is 11.6. The van der Waals surface area contributed by atoms with Crippen molar-refractivity contribution >= 4 is 5.91 Å². The van der Waals surface area contributed by atoms with Crippen LogP contribution in [0.5, 0.6) is 0 Å². The van der Waals surface area contributed by atoms with Crippen molar-refractivity contribution in [1.82, 2.24) is 19.7 Å². The van der Waals surface area contributed by atoms with E-state index in [2.05, 4.69) is 30.9 Å². The average molecular weight is 281 g/mol.